The van der Waals surface area contributed by atoms with Crippen LogP contribution in [0, 0.1) is 0 Å². The lowest BCUT2D eigenvalue weighted by Crippen LogP contribution is -2.43. The number of aliphatic carboxylic acids is 1. The van der Waals surface area contributed by atoms with E-state index in [0.29, 0.717) is 5.75 Å². The van der Waals surface area contributed by atoms with Gasteiger partial charge in [0.1, 0.15) is 6.04 Å². The van der Waals surface area contributed by atoms with Crippen LogP contribution in [0.1, 0.15) is 13.3 Å². The molecular weight excluding hydrogens is 282 g/mol. The molecule has 2 N–H and O–H groups in total. The summed E-state index contributed by atoms with van der Waals surface area (Å²) in [5, 5.41) is 8.85. The number of sulfonamides is 1. The predicted molar refractivity (Wildman–Crippen MR) is 68.0 cm³/mol. The smallest absolute Gasteiger partial charge is 0.322 e. The summed E-state index contributed by atoms with van der Waals surface area (Å²) >= 11 is 1.41. The molecule has 0 heterocycles. The fourth-order valence-corrected chi connectivity index (χ4v) is 2.69. The van der Waals surface area contributed by atoms with Crippen molar-refractivity contribution < 1.29 is 27.9 Å². The number of thioether (sulfide) groups is 1. The second kappa shape index (κ2) is 8.33. The Morgan fingerprint density at radius 3 is 2.50 bits per heavy atom. The molecule has 9 heteroatoms. The van der Waals surface area contributed by atoms with Gasteiger partial charge in [0.25, 0.3) is 0 Å². The third kappa shape index (κ3) is 7.51. The van der Waals surface area contributed by atoms with Crippen LogP contribution in [-0.4, -0.2) is 55.9 Å². The number of ether oxygens (including phenoxy) is 1. The maximum Gasteiger partial charge on any atom is 0.322 e. The highest BCUT2D eigenvalue weighted by atomic mass is 32.2. The second-order valence-corrected chi connectivity index (χ2v) is 6.09. The van der Waals surface area contributed by atoms with Crippen LogP contribution >= 0.6 is 11.8 Å². The van der Waals surface area contributed by atoms with Crippen molar-refractivity contribution in [3.05, 3.63) is 0 Å². The highest BCUT2D eigenvalue weighted by Gasteiger charge is 2.25. The highest BCUT2D eigenvalue weighted by molar-refractivity contribution is 7.98. The van der Waals surface area contributed by atoms with Gasteiger partial charge in [-0.3, -0.25) is 9.59 Å². The Labute approximate surface area is 110 Å². The molecule has 0 spiro atoms. The van der Waals surface area contributed by atoms with Crippen LogP contribution in [0.4, 0.5) is 0 Å². The van der Waals surface area contributed by atoms with Crippen LogP contribution < -0.4 is 4.72 Å². The van der Waals surface area contributed by atoms with Crippen molar-refractivity contribution >= 4 is 33.7 Å². The van der Waals surface area contributed by atoms with E-state index in [1.807, 2.05) is 4.72 Å². The average molecular weight is 299 g/mol. The SMILES string of the molecule is CCOC(=O)CS(=O)(=O)N[C@H](CCSC)C(=O)O. The number of rotatable bonds is 9. The zero-order valence-electron chi connectivity index (χ0n) is 10.2. The Morgan fingerprint density at radius 2 is 2.06 bits per heavy atom. The average Bonchev–Trinajstić information content (AvgIpc) is 2.23. The summed E-state index contributed by atoms with van der Waals surface area (Å²) in [6.07, 6.45) is 1.94. The van der Waals surface area contributed by atoms with Crippen molar-refractivity contribution in [2.75, 3.05) is 24.4 Å². The molecule has 0 rings (SSSR count). The summed E-state index contributed by atoms with van der Waals surface area (Å²) in [5.74, 6) is -2.54. The summed E-state index contributed by atoms with van der Waals surface area (Å²) in [7, 11) is -3.99. The number of carbonyl (C=O) groups is 2. The molecule has 1 atom stereocenters. The molecular formula is C9H17NO6S2. The minimum atomic E-state index is -3.99. The van der Waals surface area contributed by atoms with Gasteiger partial charge in [-0.2, -0.15) is 11.8 Å². The van der Waals surface area contributed by atoms with E-state index in [2.05, 4.69) is 4.74 Å². The maximum absolute atomic E-state index is 11.5. The van der Waals surface area contributed by atoms with E-state index in [-0.39, 0.29) is 13.0 Å². The summed E-state index contributed by atoms with van der Waals surface area (Å²) < 4.78 is 29.5. The van der Waals surface area contributed by atoms with Crippen molar-refractivity contribution in [3.8, 4) is 0 Å². The number of nitrogens with one attached hydrogen (secondary N) is 1. The Hall–Kier alpha value is -0.800. The van der Waals surface area contributed by atoms with Gasteiger partial charge in [-0.05, 0) is 25.4 Å². The van der Waals surface area contributed by atoms with Gasteiger partial charge in [-0.1, -0.05) is 0 Å². The van der Waals surface area contributed by atoms with Gasteiger partial charge >= 0.3 is 11.9 Å². The van der Waals surface area contributed by atoms with Crippen molar-refractivity contribution in [1.29, 1.82) is 0 Å². The standard InChI is InChI=1S/C9H17NO6S2/c1-3-16-8(11)6-18(14,15)10-7(9(12)13)4-5-17-2/h7,10H,3-6H2,1-2H3,(H,12,13)/t7-/m1/s1. The molecule has 0 aliphatic heterocycles. The third-order valence-corrected chi connectivity index (χ3v) is 3.75. The van der Waals surface area contributed by atoms with E-state index in [9.17, 15) is 18.0 Å². The van der Waals surface area contributed by atoms with Crippen LogP contribution in [0.3, 0.4) is 0 Å². The maximum atomic E-state index is 11.5. The van der Waals surface area contributed by atoms with E-state index in [1.165, 1.54) is 11.8 Å². The van der Waals surface area contributed by atoms with Gasteiger partial charge in [0, 0.05) is 0 Å². The van der Waals surface area contributed by atoms with E-state index in [1.54, 1.807) is 13.2 Å². The number of hydrogen-bond donors (Lipinski definition) is 2. The minimum Gasteiger partial charge on any atom is -0.480 e. The molecule has 0 aromatic rings. The molecule has 0 aliphatic carbocycles. The first-order chi connectivity index (χ1) is 8.32. The molecule has 0 aromatic heterocycles. The van der Waals surface area contributed by atoms with E-state index in [4.69, 9.17) is 5.11 Å². The molecule has 0 saturated heterocycles. The summed E-state index contributed by atoms with van der Waals surface area (Å²) in [6, 6.07) is -1.23. The van der Waals surface area contributed by atoms with Gasteiger partial charge in [-0.25, -0.2) is 13.1 Å². The summed E-state index contributed by atoms with van der Waals surface area (Å²) in [5.41, 5.74) is 0. The number of carboxylic acid groups (broad SMARTS) is 1. The van der Waals surface area contributed by atoms with Crippen LogP contribution in [0.5, 0.6) is 0 Å². The molecule has 0 amide bonds. The zero-order valence-corrected chi connectivity index (χ0v) is 11.8. The lowest BCUT2D eigenvalue weighted by Gasteiger charge is -2.13. The molecule has 0 bridgehead atoms. The van der Waals surface area contributed by atoms with Gasteiger partial charge in [0.2, 0.25) is 10.0 Å². The molecule has 0 aromatic carbocycles. The fourth-order valence-electron chi connectivity index (χ4n) is 1.08. The number of carboxylic acids is 1. The Balaban J connectivity index is 4.51. The molecule has 0 saturated carbocycles. The minimum absolute atomic E-state index is 0.0726. The Morgan fingerprint density at radius 1 is 1.44 bits per heavy atom. The molecule has 0 radical (unpaired) electrons. The predicted octanol–water partition coefficient (Wildman–Crippen LogP) is -0.325. The molecule has 18 heavy (non-hydrogen) atoms. The first-order valence-corrected chi connectivity index (χ1v) is 8.24. The fraction of sp³-hybridized carbons (Fsp3) is 0.778. The van der Waals surface area contributed by atoms with Crippen molar-refractivity contribution in [2.45, 2.75) is 19.4 Å². The van der Waals surface area contributed by atoms with Crippen molar-refractivity contribution in [3.63, 3.8) is 0 Å². The van der Waals surface area contributed by atoms with E-state index < -0.39 is 33.8 Å². The van der Waals surface area contributed by atoms with Gasteiger partial charge in [0.05, 0.1) is 6.61 Å². The Kier molecular flexibility index (Phi) is 7.96. The quantitative estimate of drug-likeness (QED) is 0.561. The van der Waals surface area contributed by atoms with Crippen LogP contribution in [0.25, 0.3) is 0 Å². The van der Waals surface area contributed by atoms with Crippen LogP contribution in [0.15, 0.2) is 0 Å². The Bertz CT molecular complexity index is 381. The lowest BCUT2D eigenvalue weighted by molar-refractivity contribution is -0.141. The first-order valence-electron chi connectivity index (χ1n) is 5.19. The molecule has 7 nitrogen and oxygen atoms in total. The van der Waals surface area contributed by atoms with Gasteiger partial charge < -0.3 is 9.84 Å². The zero-order chi connectivity index (χ0) is 14.2. The number of hydrogen-bond acceptors (Lipinski definition) is 6. The normalized spacial score (nSPS) is 13.0. The molecule has 106 valence electrons. The second-order valence-electron chi connectivity index (χ2n) is 3.35. The van der Waals surface area contributed by atoms with Crippen molar-refractivity contribution in [1.82, 2.24) is 4.72 Å². The molecule has 0 aliphatic rings. The highest BCUT2D eigenvalue weighted by Crippen LogP contribution is 2.03. The topological polar surface area (TPSA) is 110 Å². The molecule has 0 fully saturated rings. The van der Waals surface area contributed by atoms with E-state index in [0.717, 1.165) is 0 Å². The molecule has 0 unspecified atom stereocenters. The van der Waals surface area contributed by atoms with E-state index >= 15 is 0 Å². The van der Waals surface area contributed by atoms with Gasteiger partial charge in [-0.15, -0.1) is 0 Å². The third-order valence-electron chi connectivity index (χ3n) is 1.84. The first kappa shape index (κ1) is 17.2. The lowest BCUT2D eigenvalue weighted by atomic mass is 10.2. The van der Waals surface area contributed by atoms with Gasteiger partial charge in [0.15, 0.2) is 5.75 Å². The van der Waals surface area contributed by atoms with Crippen LogP contribution in [-0.2, 0) is 24.3 Å². The monoisotopic (exact) mass is 299 g/mol. The van der Waals surface area contributed by atoms with Crippen LogP contribution in [0.2, 0.25) is 0 Å². The largest absolute Gasteiger partial charge is 0.480 e. The van der Waals surface area contributed by atoms with Crippen molar-refractivity contribution in [2.24, 2.45) is 0 Å². The number of carbonyl (C=O) groups excluding carboxylic acids is 1. The summed E-state index contributed by atoms with van der Waals surface area (Å²) in [4.78, 5) is 21.9. The number of esters is 1. The summed E-state index contributed by atoms with van der Waals surface area (Å²) in [6.45, 7) is 1.62.